The molecule has 3 amide bonds. The van der Waals surface area contributed by atoms with Gasteiger partial charge in [0.25, 0.3) is 5.91 Å². The number of hydrogen-bond acceptors (Lipinski definition) is 6. The third-order valence-corrected chi connectivity index (χ3v) is 7.12. The second-order valence-electron chi connectivity index (χ2n) is 9.29. The standard InChI is InChI=1S/C25H31N5O4/c1-17(31)27-7-9-28(10-8-27)23-20-15-19(34-2)5-6-22(20)26-16-21(23)25(33)30-13-11-29(12-14-30)24(32)18-3-4-18/h5-6,15-16,18H,3-4,7-14H2,1-2H3. The molecule has 3 heterocycles. The Balaban J connectivity index is 1.44. The fourth-order valence-corrected chi connectivity index (χ4v) is 4.92. The smallest absolute Gasteiger partial charge is 0.257 e. The maximum Gasteiger partial charge on any atom is 0.257 e. The molecule has 1 aliphatic carbocycles. The van der Waals surface area contributed by atoms with Crippen LogP contribution in [0.15, 0.2) is 24.4 Å². The van der Waals surface area contributed by atoms with E-state index in [-0.39, 0.29) is 23.6 Å². The fraction of sp³-hybridized carbons (Fsp3) is 0.520. The van der Waals surface area contributed by atoms with Crippen LogP contribution >= 0.6 is 0 Å². The largest absolute Gasteiger partial charge is 0.497 e. The molecule has 0 N–H and O–H groups in total. The fourth-order valence-electron chi connectivity index (χ4n) is 4.92. The first-order valence-electron chi connectivity index (χ1n) is 12.0. The summed E-state index contributed by atoms with van der Waals surface area (Å²) in [7, 11) is 1.62. The Morgan fingerprint density at radius 2 is 1.56 bits per heavy atom. The Hall–Kier alpha value is -3.36. The summed E-state index contributed by atoms with van der Waals surface area (Å²) >= 11 is 0. The van der Waals surface area contributed by atoms with Gasteiger partial charge in [-0.3, -0.25) is 19.4 Å². The molecule has 2 aromatic rings. The van der Waals surface area contributed by atoms with Gasteiger partial charge in [0.05, 0.1) is 23.9 Å². The van der Waals surface area contributed by atoms with Gasteiger partial charge in [-0.15, -0.1) is 0 Å². The van der Waals surface area contributed by atoms with Crippen molar-refractivity contribution in [3.63, 3.8) is 0 Å². The number of benzene rings is 1. The van der Waals surface area contributed by atoms with Crippen LogP contribution < -0.4 is 9.64 Å². The lowest BCUT2D eigenvalue weighted by molar-refractivity contribution is -0.134. The molecule has 180 valence electrons. The van der Waals surface area contributed by atoms with E-state index in [1.165, 1.54) is 0 Å². The monoisotopic (exact) mass is 465 g/mol. The molecule has 0 radical (unpaired) electrons. The molecule has 3 aliphatic rings. The van der Waals surface area contributed by atoms with Gasteiger partial charge in [-0.1, -0.05) is 0 Å². The zero-order valence-electron chi connectivity index (χ0n) is 19.8. The number of fused-ring (bicyclic) bond motifs is 1. The van der Waals surface area contributed by atoms with Crippen molar-refractivity contribution in [3.8, 4) is 5.75 Å². The van der Waals surface area contributed by atoms with E-state index >= 15 is 0 Å². The minimum Gasteiger partial charge on any atom is -0.497 e. The van der Waals surface area contributed by atoms with E-state index in [0.29, 0.717) is 63.7 Å². The first kappa shape index (κ1) is 22.4. The Kier molecular flexibility index (Phi) is 6.02. The molecule has 9 nitrogen and oxygen atoms in total. The van der Waals surface area contributed by atoms with Gasteiger partial charge in [-0.2, -0.15) is 0 Å². The highest BCUT2D eigenvalue weighted by Gasteiger charge is 2.36. The van der Waals surface area contributed by atoms with E-state index in [2.05, 4.69) is 9.88 Å². The predicted octanol–water partition coefficient (Wildman–Crippen LogP) is 1.61. The average molecular weight is 466 g/mol. The zero-order valence-corrected chi connectivity index (χ0v) is 19.8. The molecule has 0 spiro atoms. The molecule has 2 aliphatic heterocycles. The molecule has 1 aromatic heterocycles. The number of ether oxygens (including phenoxy) is 1. The summed E-state index contributed by atoms with van der Waals surface area (Å²) in [6, 6.07) is 5.70. The van der Waals surface area contributed by atoms with Gasteiger partial charge in [-0.25, -0.2) is 0 Å². The summed E-state index contributed by atoms with van der Waals surface area (Å²) in [6.45, 7) is 6.27. The molecule has 5 rings (SSSR count). The van der Waals surface area contributed by atoms with Crippen LogP contribution in [-0.2, 0) is 9.59 Å². The molecule has 34 heavy (non-hydrogen) atoms. The van der Waals surface area contributed by atoms with Gasteiger partial charge in [0.2, 0.25) is 11.8 Å². The van der Waals surface area contributed by atoms with Crippen molar-refractivity contribution in [3.05, 3.63) is 30.0 Å². The highest BCUT2D eigenvalue weighted by atomic mass is 16.5. The van der Waals surface area contributed by atoms with E-state index in [9.17, 15) is 14.4 Å². The first-order valence-corrected chi connectivity index (χ1v) is 12.0. The topological polar surface area (TPSA) is 86.3 Å². The van der Waals surface area contributed by atoms with Crippen molar-refractivity contribution in [2.24, 2.45) is 5.92 Å². The minimum absolute atomic E-state index is 0.0656. The lowest BCUT2D eigenvalue weighted by atomic mass is 10.0. The Labute approximate surface area is 199 Å². The van der Waals surface area contributed by atoms with Crippen molar-refractivity contribution in [1.82, 2.24) is 19.7 Å². The number of carbonyl (C=O) groups is 3. The van der Waals surface area contributed by atoms with Gasteiger partial charge < -0.3 is 24.3 Å². The van der Waals surface area contributed by atoms with Gasteiger partial charge >= 0.3 is 0 Å². The van der Waals surface area contributed by atoms with Crippen molar-refractivity contribution >= 4 is 34.3 Å². The van der Waals surface area contributed by atoms with Crippen LogP contribution in [-0.4, -0.2) is 96.9 Å². The number of aromatic nitrogens is 1. The second kappa shape index (κ2) is 9.12. The number of pyridine rings is 1. The number of carbonyl (C=O) groups excluding carboxylic acids is 3. The van der Waals surface area contributed by atoms with Gasteiger partial charge in [0.1, 0.15) is 5.75 Å². The number of amides is 3. The highest BCUT2D eigenvalue weighted by Crippen LogP contribution is 2.34. The maximum absolute atomic E-state index is 13.7. The number of anilines is 1. The first-order chi connectivity index (χ1) is 16.5. The number of nitrogens with zero attached hydrogens (tertiary/aromatic N) is 5. The van der Waals surface area contributed by atoms with Crippen LogP contribution in [0, 0.1) is 5.92 Å². The van der Waals surface area contributed by atoms with Crippen molar-refractivity contribution in [1.29, 1.82) is 0 Å². The van der Waals surface area contributed by atoms with E-state index < -0.39 is 0 Å². The molecular formula is C25H31N5O4. The summed E-state index contributed by atoms with van der Waals surface area (Å²) < 4.78 is 5.46. The van der Waals surface area contributed by atoms with E-state index in [0.717, 1.165) is 29.4 Å². The molecule has 0 unspecified atom stereocenters. The minimum atomic E-state index is -0.0697. The van der Waals surface area contributed by atoms with Crippen LogP contribution in [0.2, 0.25) is 0 Å². The van der Waals surface area contributed by atoms with Crippen molar-refractivity contribution in [2.45, 2.75) is 19.8 Å². The summed E-state index contributed by atoms with van der Waals surface area (Å²) in [5.41, 5.74) is 2.19. The molecule has 1 saturated carbocycles. The van der Waals surface area contributed by atoms with Crippen molar-refractivity contribution in [2.75, 3.05) is 64.4 Å². The van der Waals surface area contributed by atoms with Crippen LogP contribution in [0.25, 0.3) is 10.9 Å². The zero-order chi connectivity index (χ0) is 23.8. The molecule has 0 bridgehead atoms. The van der Waals surface area contributed by atoms with Crippen LogP contribution in [0.5, 0.6) is 5.75 Å². The number of hydrogen-bond donors (Lipinski definition) is 0. The predicted molar refractivity (Wildman–Crippen MR) is 128 cm³/mol. The summed E-state index contributed by atoms with van der Waals surface area (Å²) in [6.07, 6.45) is 3.65. The molecule has 0 atom stereocenters. The third-order valence-electron chi connectivity index (χ3n) is 7.12. The van der Waals surface area contributed by atoms with Gasteiger partial charge in [0.15, 0.2) is 0 Å². The van der Waals surface area contributed by atoms with Crippen LogP contribution in [0.1, 0.15) is 30.1 Å². The number of piperazine rings is 2. The quantitative estimate of drug-likeness (QED) is 0.682. The van der Waals surface area contributed by atoms with Crippen molar-refractivity contribution < 1.29 is 19.1 Å². The normalized spacial score (nSPS) is 18.9. The summed E-state index contributed by atoms with van der Waals surface area (Å²) in [4.78, 5) is 50.3. The van der Waals surface area contributed by atoms with Gasteiger partial charge in [0, 0.05) is 76.8 Å². The van der Waals surface area contributed by atoms with E-state index in [1.807, 2.05) is 32.9 Å². The molecule has 2 saturated heterocycles. The van der Waals surface area contributed by atoms with Crippen LogP contribution in [0.4, 0.5) is 5.69 Å². The summed E-state index contributed by atoms with van der Waals surface area (Å²) in [5, 5.41) is 0.865. The molecule has 1 aromatic carbocycles. The average Bonchev–Trinajstić information content (AvgIpc) is 3.72. The van der Waals surface area contributed by atoms with E-state index in [1.54, 1.807) is 20.2 Å². The lowest BCUT2D eigenvalue weighted by Gasteiger charge is -2.38. The maximum atomic E-state index is 13.7. The molecular weight excluding hydrogens is 434 g/mol. The van der Waals surface area contributed by atoms with Crippen LogP contribution in [0.3, 0.4) is 0 Å². The molecule has 3 fully saturated rings. The molecule has 9 heteroatoms. The lowest BCUT2D eigenvalue weighted by Crippen LogP contribution is -2.51. The summed E-state index contributed by atoms with van der Waals surface area (Å²) in [5.74, 6) is 1.13. The van der Waals surface area contributed by atoms with E-state index in [4.69, 9.17) is 4.74 Å². The Morgan fingerprint density at radius 1 is 0.912 bits per heavy atom. The number of methoxy groups -OCH3 is 1. The second-order valence-corrected chi connectivity index (χ2v) is 9.29. The number of rotatable bonds is 4. The third kappa shape index (κ3) is 4.26. The SMILES string of the molecule is COc1ccc2ncc(C(=O)N3CCN(C(=O)C4CC4)CC3)c(N3CCN(C(C)=O)CC3)c2c1. The van der Waals surface area contributed by atoms with Gasteiger partial charge in [-0.05, 0) is 31.0 Å². The Morgan fingerprint density at radius 3 is 2.18 bits per heavy atom. The Bertz CT molecular complexity index is 1120. The highest BCUT2D eigenvalue weighted by molar-refractivity contribution is 6.07.